The van der Waals surface area contributed by atoms with E-state index in [0.29, 0.717) is 18.7 Å². The Balaban J connectivity index is 2.96. The van der Waals surface area contributed by atoms with Crippen LogP contribution in [0.4, 0.5) is 5.82 Å². The molecule has 0 saturated carbocycles. The minimum absolute atomic E-state index is 0.0186. The molecular formula is C7H10ClN3O3. The predicted molar refractivity (Wildman–Crippen MR) is 50.3 cm³/mol. The van der Waals surface area contributed by atoms with Crippen LogP contribution in [0.3, 0.4) is 0 Å². The summed E-state index contributed by atoms with van der Waals surface area (Å²) in [5, 5.41) is 22.8. The molecule has 7 heteroatoms. The Bertz CT molecular complexity index is 350. The number of aliphatic hydroxyl groups excluding tert-OH is 1. The molecule has 0 aliphatic heterocycles. The van der Waals surface area contributed by atoms with Gasteiger partial charge >= 0.3 is 5.82 Å². The Kier molecular flexibility index (Phi) is 3.43. The Morgan fingerprint density at radius 2 is 2.36 bits per heavy atom. The predicted octanol–water partition coefficient (Wildman–Crippen LogP) is 1.14. The number of nitrogens with zero attached hydrogens (tertiary/aromatic N) is 3. The lowest BCUT2D eigenvalue weighted by Gasteiger charge is -1.95. The van der Waals surface area contributed by atoms with Crippen molar-refractivity contribution in [2.45, 2.75) is 19.9 Å². The van der Waals surface area contributed by atoms with E-state index < -0.39 is 4.92 Å². The van der Waals surface area contributed by atoms with E-state index in [1.165, 1.54) is 4.68 Å². The van der Waals surface area contributed by atoms with Gasteiger partial charge in [0.05, 0.1) is 17.3 Å². The highest BCUT2D eigenvalue weighted by molar-refractivity contribution is 6.33. The second-order valence-corrected chi connectivity index (χ2v) is 3.16. The van der Waals surface area contributed by atoms with E-state index in [4.69, 9.17) is 16.7 Å². The molecule has 6 nitrogen and oxygen atoms in total. The molecule has 0 aliphatic carbocycles. The van der Waals surface area contributed by atoms with E-state index in [1.54, 1.807) is 6.92 Å². The van der Waals surface area contributed by atoms with Gasteiger partial charge in [-0.1, -0.05) is 11.6 Å². The fourth-order valence-corrected chi connectivity index (χ4v) is 1.27. The van der Waals surface area contributed by atoms with Crippen LogP contribution >= 0.6 is 11.6 Å². The van der Waals surface area contributed by atoms with E-state index in [2.05, 4.69) is 5.10 Å². The highest BCUT2D eigenvalue weighted by atomic mass is 35.5. The van der Waals surface area contributed by atoms with Crippen molar-refractivity contribution in [2.75, 3.05) is 6.61 Å². The Morgan fingerprint density at radius 1 is 1.71 bits per heavy atom. The molecule has 0 atom stereocenters. The molecule has 0 unspecified atom stereocenters. The third-order valence-electron chi connectivity index (χ3n) is 1.82. The molecule has 0 aromatic carbocycles. The first-order valence-corrected chi connectivity index (χ1v) is 4.44. The Morgan fingerprint density at radius 3 is 2.79 bits per heavy atom. The van der Waals surface area contributed by atoms with Crippen LogP contribution in [0.25, 0.3) is 0 Å². The first-order valence-electron chi connectivity index (χ1n) is 4.06. The molecule has 0 saturated heterocycles. The summed E-state index contributed by atoms with van der Waals surface area (Å²) in [7, 11) is 0. The average Bonchev–Trinajstić information content (AvgIpc) is 2.42. The first-order chi connectivity index (χ1) is 6.57. The number of aryl methyl sites for hydroxylation is 1. The van der Waals surface area contributed by atoms with Crippen LogP contribution in [0.2, 0.25) is 5.02 Å². The fourth-order valence-electron chi connectivity index (χ4n) is 1.06. The van der Waals surface area contributed by atoms with Gasteiger partial charge in [-0.3, -0.25) is 0 Å². The fraction of sp³-hybridized carbons (Fsp3) is 0.571. The molecule has 1 heterocycles. The van der Waals surface area contributed by atoms with Gasteiger partial charge in [-0.05, 0) is 18.3 Å². The second-order valence-electron chi connectivity index (χ2n) is 2.78. The third kappa shape index (κ3) is 2.02. The number of nitro groups is 1. The van der Waals surface area contributed by atoms with Crippen LogP contribution < -0.4 is 0 Å². The van der Waals surface area contributed by atoms with Crippen molar-refractivity contribution in [3.05, 3.63) is 20.8 Å². The summed E-state index contributed by atoms with van der Waals surface area (Å²) in [6.07, 6.45) is 0.496. The van der Waals surface area contributed by atoms with Crippen molar-refractivity contribution in [1.29, 1.82) is 0 Å². The van der Waals surface area contributed by atoms with Crippen molar-refractivity contribution in [2.24, 2.45) is 0 Å². The van der Waals surface area contributed by atoms with Crippen molar-refractivity contribution in [3.8, 4) is 0 Å². The molecule has 0 amide bonds. The molecule has 0 spiro atoms. The molecule has 14 heavy (non-hydrogen) atoms. The van der Waals surface area contributed by atoms with E-state index >= 15 is 0 Å². The second kappa shape index (κ2) is 4.39. The number of rotatable bonds is 4. The zero-order valence-electron chi connectivity index (χ0n) is 7.60. The van der Waals surface area contributed by atoms with Gasteiger partial charge in [0.1, 0.15) is 0 Å². The molecule has 0 aliphatic rings. The number of hydrogen-bond acceptors (Lipinski definition) is 4. The standard InChI is InChI=1S/C7H10ClN3O3/c1-5-6(8)7(11(13)14)9-10(5)3-2-4-12/h12H,2-4H2,1H3. The lowest BCUT2D eigenvalue weighted by atomic mass is 10.4. The van der Waals surface area contributed by atoms with Gasteiger partial charge in [-0.15, -0.1) is 0 Å². The van der Waals surface area contributed by atoms with Crippen LogP contribution in [0.1, 0.15) is 12.1 Å². The van der Waals surface area contributed by atoms with Gasteiger partial charge in [0, 0.05) is 6.61 Å². The van der Waals surface area contributed by atoms with Gasteiger partial charge in [0.25, 0.3) is 0 Å². The van der Waals surface area contributed by atoms with Gasteiger partial charge < -0.3 is 15.2 Å². The average molecular weight is 220 g/mol. The summed E-state index contributed by atoms with van der Waals surface area (Å²) in [6, 6.07) is 0. The first kappa shape index (κ1) is 10.9. The van der Waals surface area contributed by atoms with E-state index in [0.717, 1.165) is 0 Å². The molecule has 1 aromatic heterocycles. The van der Waals surface area contributed by atoms with E-state index in [-0.39, 0.29) is 17.4 Å². The number of aromatic nitrogens is 2. The van der Waals surface area contributed by atoms with Crippen molar-refractivity contribution < 1.29 is 10.0 Å². The Hall–Kier alpha value is -1.14. The van der Waals surface area contributed by atoms with Crippen LogP contribution in [-0.2, 0) is 6.54 Å². The molecule has 0 radical (unpaired) electrons. The summed E-state index contributed by atoms with van der Waals surface area (Å²) in [5.41, 5.74) is 0.548. The molecule has 1 N–H and O–H groups in total. The SMILES string of the molecule is Cc1c(Cl)c([N+](=O)[O-])nn1CCCO. The maximum atomic E-state index is 10.5. The maximum absolute atomic E-state index is 10.5. The summed E-state index contributed by atoms with van der Waals surface area (Å²) < 4.78 is 1.43. The number of halogens is 1. The quantitative estimate of drug-likeness (QED) is 0.608. The molecule has 1 rings (SSSR count). The molecular weight excluding hydrogens is 210 g/mol. The largest absolute Gasteiger partial charge is 0.408 e. The molecule has 1 aromatic rings. The van der Waals surface area contributed by atoms with Gasteiger partial charge in [-0.2, -0.15) is 4.68 Å². The summed E-state index contributed by atoms with van der Waals surface area (Å²) in [4.78, 5) is 9.84. The van der Waals surface area contributed by atoms with Crippen LogP contribution in [0, 0.1) is 17.0 Å². The maximum Gasteiger partial charge on any atom is 0.408 e. The summed E-state index contributed by atoms with van der Waals surface area (Å²) >= 11 is 5.70. The zero-order chi connectivity index (χ0) is 10.7. The third-order valence-corrected chi connectivity index (χ3v) is 2.26. The minimum Gasteiger partial charge on any atom is -0.396 e. The van der Waals surface area contributed by atoms with Crippen molar-refractivity contribution >= 4 is 17.4 Å². The smallest absolute Gasteiger partial charge is 0.396 e. The Labute approximate surface area is 85.2 Å². The topological polar surface area (TPSA) is 81.2 Å². The van der Waals surface area contributed by atoms with Gasteiger partial charge in [0.15, 0.2) is 5.02 Å². The number of aliphatic hydroxyl groups is 1. The minimum atomic E-state index is -0.620. The molecule has 0 fully saturated rings. The lowest BCUT2D eigenvalue weighted by Crippen LogP contribution is -2.04. The number of hydrogen-bond donors (Lipinski definition) is 1. The van der Waals surface area contributed by atoms with Gasteiger partial charge in [0.2, 0.25) is 0 Å². The zero-order valence-corrected chi connectivity index (χ0v) is 8.36. The van der Waals surface area contributed by atoms with E-state index in [9.17, 15) is 10.1 Å². The van der Waals surface area contributed by atoms with E-state index in [1.807, 2.05) is 0 Å². The summed E-state index contributed by atoms with van der Waals surface area (Å²) in [6.45, 7) is 2.10. The highest BCUT2D eigenvalue weighted by Gasteiger charge is 2.23. The molecule has 78 valence electrons. The molecule has 0 bridgehead atoms. The van der Waals surface area contributed by atoms with Crippen molar-refractivity contribution in [1.82, 2.24) is 9.78 Å². The summed E-state index contributed by atoms with van der Waals surface area (Å²) in [5.74, 6) is -0.331. The van der Waals surface area contributed by atoms with Crippen LogP contribution in [0.5, 0.6) is 0 Å². The van der Waals surface area contributed by atoms with Crippen LogP contribution in [-0.4, -0.2) is 26.4 Å². The van der Waals surface area contributed by atoms with Crippen LogP contribution in [0.15, 0.2) is 0 Å². The normalized spacial score (nSPS) is 10.5. The van der Waals surface area contributed by atoms with Crippen molar-refractivity contribution in [3.63, 3.8) is 0 Å². The lowest BCUT2D eigenvalue weighted by molar-refractivity contribution is -0.389. The monoisotopic (exact) mass is 219 g/mol. The highest BCUT2D eigenvalue weighted by Crippen LogP contribution is 2.26. The van der Waals surface area contributed by atoms with Gasteiger partial charge in [-0.25, -0.2) is 0 Å².